The van der Waals surface area contributed by atoms with Crippen LogP contribution < -0.4 is 5.32 Å². The zero-order chi connectivity index (χ0) is 28.9. The number of fused-ring (bicyclic) bond motifs is 1. The number of nitrogens with one attached hydrogen (secondary N) is 1. The van der Waals surface area contributed by atoms with Crippen LogP contribution in [0.5, 0.6) is 0 Å². The summed E-state index contributed by atoms with van der Waals surface area (Å²) in [5.41, 5.74) is 5.16. The lowest BCUT2D eigenvalue weighted by molar-refractivity contribution is -0.130. The van der Waals surface area contributed by atoms with Crippen LogP contribution in [-0.4, -0.2) is 64.7 Å². The highest BCUT2D eigenvalue weighted by Gasteiger charge is 2.40. The van der Waals surface area contributed by atoms with Gasteiger partial charge in [0.15, 0.2) is 0 Å². The molecule has 2 unspecified atom stereocenters. The Morgan fingerprint density at radius 2 is 1.76 bits per heavy atom. The number of aryl methyl sites for hydroxylation is 2. The van der Waals surface area contributed by atoms with Gasteiger partial charge < -0.3 is 19.9 Å². The van der Waals surface area contributed by atoms with Crippen LogP contribution in [0, 0.1) is 13.8 Å². The molecule has 3 fully saturated rings. The molecule has 2 atom stereocenters. The Kier molecular flexibility index (Phi) is 9.38. The summed E-state index contributed by atoms with van der Waals surface area (Å²) in [5, 5.41) is 3.52. The van der Waals surface area contributed by atoms with Gasteiger partial charge in [-0.05, 0) is 81.4 Å². The first-order valence-corrected chi connectivity index (χ1v) is 15.8. The lowest BCUT2D eigenvalue weighted by Gasteiger charge is -2.44. The monoisotopic (exact) mass is 575 g/mol. The molecule has 2 aromatic rings. The summed E-state index contributed by atoms with van der Waals surface area (Å²) in [4.78, 5) is 43.2. The van der Waals surface area contributed by atoms with Crippen molar-refractivity contribution < 1.29 is 19.1 Å². The molecular weight excluding hydrogens is 534 g/mol. The zero-order valence-electron chi connectivity index (χ0n) is 24.4. The van der Waals surface area contributed by atoms with E-state index in [2.05, 4.69) is 42.3 Å². The number of carbonyl (C=O) groups is 3. The molecule has 1 N–H and O–H groups in total. The zero-order valence-corrected chi connectivity index (χ0v) is 25.2. The van der Waals surface area contributed by atoms with E-state index in [9.17, 15) is 14.4 Å². The van der Waals surface area contributed by atoms with Gasteiger partial charge in [-0.1, -0.05) is 48.7 Å². The maximum absolute atomic E-state index is 13.8. The summed E-state index contributed by atoms with van der Waals surface area (Å²) in [6, 6.07) is 14.3. The van der Waals surface area contributed by atoms with Gasteiger partial charge in [0.25, 0.3) is 11.8 Å². The highest BCUT2D eigenvalue weighted by molar-refractivity contribution is 8.04. The Hall–Kier alpha value is -3.26. The van der Waals surface area contributed by atoms with E-state index in [0.717, 1.165) is 23.3 Å². The van der Waals surface area contributed by atoms with Gasteiger partial charge in [0.2, 0.25) is 0 Å². The van der Waals surface area contributed by atoms with Gasteiger partial charge in [0.05, 0.1) is 11.5 Å². The summed E-state index contributed by atoms with van der Waals surface area (Å²) in [5.74, 6) is -0.0123. The van der Waals surface area contributed by atoms with Gasteiger partial charge >= 0.3 is 6.09 Å². The first-order valence-electron chi connectivity index (χ1n) is 14.9. The number of piperidine rings is 1. The Balaban J connectivity index is 1.25. The second kappa shape index (κ2) is 13.1. The smallest absolute Gasteiger partial charge is 0.409 e. The van der Waals surface area contributed by atoms with E-state index in [-0.39, 0.29) is 30.0 Å². The van der Waals surface area contributed by atoms with Crippen LogP contribution in [-0.2, 0) is 16.1 Å². The molecule has 218 valence electrons. The fourth-order valence-electron chi connectivity index (χ4n) is 6.09. The number of likely N-dealkylation sites (tertiary alicyclic amines) is 1. The average molecular weight is 576 g/mol. The molecule has 2 aliphatic heterocycles. The van der Waals surface area contributed by atoms with Crippen molar-refractivity contribution in [3.8, 4) is 0 Å². The summed E-state index contributed by atoms with van der Waals surface area (Å²) in [7, 11) is 0. The normalized spacial score (nSPS) is 22.4. The van der Waals surface area contributed by atoms with Gasteiger partial charge in [-0.25, -0.2) is 4.79 Å². The summed E-state index contributed by atoms with van der Waals surface area (Å²) < 4.78 is 5.08. The standard InChI is InChI=1S/C33H41N3O4S/c1-4-40-33(39)35-17-15-27(16-18-35)34-31(37)25-13-11-24(12-14-25)20-30-32(38)36(28-7-5-6-8-29(28)41-30)21-26-19-22(2)9-10-23(26)3/h9-14,19-20,27-29H,4-8,15-18,21H2,1-3H3,(H,34,37)/b30-20-. The lowest BCUT2D eigenvalue weighted by Crippen LogP contribution is -2.50. The highest BCUT2D eigenvalue weighted by atomic mass is 32.2. The molecule has 2 saturated heterocycles. The highest BCUT2D eigenvalue weighted by Crippen LogP contribution is 2.43. The molecule has 3 aliphatic rings. The van der Waals surface area contributed by atoms with E-state index < -0.39 is 0 Å². The number of hydrogen-bond acceptors (Lipinski definition) is 5. The Labute approximate surface area is 247 Å². The fraction of sp³-hybridized carbons (Fsp3) is 0.485. The molecule has 8 heteroatoms. The van der Waals surface area contributed by atoms with Crippen LogP contribution in [0.25, 0.3) is 6.08 Å². The van der Waals surface area contributed by atoms with E-state index in [1.54, 1.807) is 23.6 Å². The maximum atomic E-state index is 13.8. The molecule has 0 spiro atoms. The molecule has 0 radical (unpaired) electrons. The van der Waals surface area contributed by atoms with Crippen molar-refractivity contribution in [2.45, 2.75) is 83.2 Å². The molecule has 5 rings (SSSR count). The quantitative estimate of drug-likeness (QED) is 0.422. The Morgan fingerprint density at radius 1 is 1.02 bits per heavy atom. The van der Waals surface area contributed by atoms with Crippen LogP contribution in [0.15, 0.2) is 47.4 Å². The summed E-state index contributed by atoms with van der Waals surface area (Å²) in [6.45, 7) is 8.17. The Morgan fingerprint density at radius 3 is 2.49 bits per heavy atom. The molecule has 0 bridgehead atoms. The predicted molar refractivity (Wildman–Crippen MR) is 164 cm³/mol. The number of hydrogen-bond donors (Lipinski definition) is 1. The summed E-state index contributed by atoms with van der Waals surface area (Å²) in [6.07, 6.45) is 7.67. The molecular formula is C33H41N3O4S. The van der Waals surface area contributed by atoms with Gasteiger partial charge in [-0.15, -0.1) is 11.8 Å². The van der Waals surface area contributed by atoms with Crippen molar-refractivity contribution >= 4 is 35.7 Å². The van der Waals surface area contributed by atoms with E-state index in [1.807, 2.05) is 30.3 Å². The largest absolute Gasteiger partial charge is 0.450 e. The fourth-order valence-corrected chi connectivity index (χ4v) is 7.56. The lowest BCUT2D eigenvalue weighted by atomic mass is 9.92. The van der Waals surface area contributed by atoms with Gasteiger partial charge in [0.1, 0.15) is 0 Å². The van der Waals surface area contributed by atoms with Crippen LogP contribution in [0.1, 0.15) is 78.1 Å². The van der Waals surface area contributed by atoms with E-state index in [1.165, 1.54) is 29.5 Å². The number of rotatable bonds is 6. The van der Waals surface area contributed by atoms with Crippen molar-refractivity contribution in [2.75, 3.05) is 19.7 Å². The molecule has 41 heavy (non-hydrogen) atoms. The molecule has 1 saturated carbocycles. The third-order valence-corrected chi connectivity index (χ3v) is 9.89. The number of nitrogens with zero attached hydrogens (tertiary/aromatic N) is 2. The minimum absolute atomic E-state index is 0.0256. The van der Waals surface area contributed by atoms with Gasteiger partial charge in [0, 0.05) is 42.5 Å². The third-order valence-electron chi connectivity index (χ3n) is 8.49. The van der Waals surface area contributed by atoms with Crippen molar-refractivity contribution in [1.82, 2.24) is 15.1 Å². The maximum Gasteiger partial charge on any atom is 0.409 e. The van der Waals surface area contributed by atoms with Gasteiger partial charge in [-0.3, -0.25) is 9.59 Å². The van der Waals surface area contributed by atoms with E-state index in [0.29, 0.717) is 49.9 Å². The van der Waals surface area contributed by atoms with E-state index >= 15 is 0 Å². The minimum atomic E-state index is -0.288. The summed E-state index contributed by atoms with van der Waals surface area (Å²) >= 11 is 1.73. The van der Waals surface area contributed by atoms with Crippen LogP contribution in [0.4, 0.5) is 4.79 Å². The predicted octanol–water partition coefficient (Wildman–Crippen LogP) is 6.08. The van der Waals surface area contributed by atoms with Crippen molar-refractivity contribution in [2.24, 2.45) is 0 Å². The van der Waals surface area contributed by atoms with Crippen molar-refractivity contribution in [3.63, 3.8) is 0 Å². The van der Waals surface area contributed by atoms with Crippen molar-refractivity contribution in [3.05, 3.63) is 75.2 Å². The molecule has 0 aromatic heterocycles. The number of thioether (sulfide) groups is 1. The topological polar surface area (TPSA) is 79.0 Å². The van der Waals surface area contributed by atoms with Crippen LogP contribution >= 0.6 is 11.8 Å². The molecule has 7 nitrogen and oxygen atoms in total. The molecule has 2 heterocycles. The minimum Gasteiger partial charge on any atom is -0.450 e. The molecule has 1 aliphatic carbocycles. The van der Waals surface area contributed by atoms with Crippen molar-refractivity contribution in [1.29, 1.82) is 0 Å². The average Bonchev–Trinajstić information content (AvgIpc) is 2.98. The van der Waals surface area contributed by atoms with Crippen LogP contribution in [0.2, 0.25) is 0 Å². The Bertz CT molecular complexity index is 1300. The first kappa shape index (κ1) is 29.2. The van der Waals surface area contributed by atoms with Gasteiger partial charge in [-0.2, -0.15) is 0 Å². The van der Waals surface area contributed by atoms with Crippen LogP contribution in [0.3, 0.4) is 0 Å². The first-order chi connectivity index (χ1) is 19.8. The number of benzene rings is 2. The third kappa shape index (κ3) is 6.97. The molecule has 3 amide bonds. The van der Waals surface area contributed by atoms with E-state index in [4.69, 9.17) is 4.74 Å². The second-order valence-electron chi connectivity index (χ2n) is 11.4. The molecule has 2 aromatic carbocycles. The number of carbonyl (C=O) groups excluding carboxylic acids is 3. The SMILES string of the molecule is CCOC(=O)N1CCC(NC(=O)c2ccc(/C=C3\SC4CCCCC4N(Cc4cc(C)ccc4C)C3=O)cc2)CC1. The number of amides is 3. The second-order valence-corrected chi connectivity index (χ2v) is 12.7. The number of ether oxygens (including phenoxy) is 1.